The van der Waals surface area contributed by atoms with Crippen LogP contribution in [0.5, 0.6) is 0 Å². The number of nitrogens with one attached hydrogen (secondary N) is 2. The molecule has 4 rings (SSSR count). The first-order chi connectivity index (χ1) is 14.9. The number of nitrogens with zero attached hydrogens (tertiary/aromatic N) is 3. The molecule has 0 aliphatic rings. The van der Waals surface area contributed by atoms with Crippen molar-refractivity contribution < 1.29 is 9.59 Å². The predicted octanol–water partition coefficient (Wildman–Crippen LogP) is 4.53. The van der Waals surface area contributed by atoms with Crippen molar-refractivity contribution >= 4 is 50.7 Å². The lowest BCUT2D eigenvalue weighted by atomic mass is 10.0. The minimum Gasteiger partial charge on any atom is -0.355 e. The number of pyridine rings is 1. The molecular weight excluding hydrogens is 434 g/mol. The normalized spacial score (nSPS) is 10.6. The highest BCUT2D eigenvalue weighted by Crippen LogP contribution is 2.32. The van der Waals surface area contributed by atoms with Gasteiger partial charge in [-0.3, -0.25) is 14.2 Å². The molecule has 3 aromatic heterocycles. The highest BCUT2D eigenvalue weighted by atomic mass is 35.5. The average Bonchev–Trinajstić information content (AvgIpc) is 3.36. The maximum Gasteiger partial charge on any atom is 0.272 e. The molecule has 0 aliphatic carbocycles. The number of carbonyl (C=O) groups excluding carboxylic acids is 2. The average molecular weight is 450 g/mol. The molecule has 0 fully saturated rings. The van der Waals surface area contributed by atoms with Gasteiger partial charge in [-0.2, -0.15) is 5.26 Å². The Labute approximate surface area is 186 Å². The number of thiophene rings is 1. The van der Waals surface area contributed by atoms with Crippen molar-refractivity contribution in [3.63, 3.8) is 0 Å². The number of aryl methyl sites for hydroxylation is 1. The van der Waals surface area contributed by atoms with Crippen LogP contribution in [0.3, 0.4) is 0 Å². The molecule has 2 N–H and O–H groups in total. The smallest absolute Gasteiger partial charge is 0.272 e. The van der Waals surface area contributed by atoms with E-state index in [0.29, 0.717) is 33.3 Å². The Morgan fingerprint density at radius 1 is 1.23 bits per heavy atom. The lowest BCUT2D eigenvalue weighted by molar-refractivity contribution is 0.0964. The third kappa shape index (κ3) is 3.65. The van der Waals surface area contributed by atoms with Gasteiger partial charge in [0.15, 0.2) is 5.82 Å². The van der Waals surface area contributed by atoms with Crippen molar-refractivity contribution in [3.05, 3.63) is 75.4 Å². The monoisotopic (exact) mass is 449 g/mol. The summed E-state index contributed by atoms with van der Waals surface area (Å²) >= 11 is 7.86. The van der Waals surface area contributed by atoms with Crippen LogP contribution in [-0.2, 0) is 0 Å². The molecule has 0 atom stereocenters. The molecule has 0 bridgehead atoms. The summed E-state index contributed by atoms with van der Waals surface area (Å²) < 4.78 is 2.59. The molecule has 2 amide bonds. The third-order valence-electron chi connectivity index (χ3n) is 4.78. The lowest BCUT2D eigenvalue weighted by Crippen LogP contribution is -2.23. The van der Waals surface area contributed by atoms with Crippen molar-refractivity contribution in [1.29, 1.82) is 5.26 Å². The molecule has 31 heavy (non-hydrogen) atoms. The Morgan fingerprint density at radius 2 is 2.03 bits per heavy atom. The number of nitriles is 1. The van der Waals surface area contributed by atoms with E-state index in [1.165, 1.54) is 24.5 Å². The van der Waals surface area contributed by atoms with Gasteiger partial charge in [0.25, 0.3) is 11.8 Å². The fraction of sp³-hybridized carbons (Fsp3) is 0.0909. The number of anilines is 1. The molecule has 0 unspecified atom stereocenters. The van der Waals surface area contributed by atoms with Crippen LogP contribution in [0.2, 0.25) is 5.02 Å². The fourth-order valence-electron chi connectivity index (χ4n) is 3.37. The van der Waals surface area contributed by atoms with Gasteiger partial charge in [-0.05, 0) is 54.3 Å². The van der Waals surface area contributed by atoms with Crippen molar-refractivity contribution in [2.45, 2.75) is 6.92 Å². The summed E-state index contributed by atoms with van der Waals surface area (Å²) in [6.45, 7) is 1.73. The van der Waals surface area contributed by atoms with Gasteiger partial charge in [-0.1, -0.05) is 11.6 Å². The van der Waals surface area contributed by atoms with Crippen LogP contribution < -0.4 is 10.6 Å². The third-order valence-corrected chi connectivity index (χ3v) is 5.93. The number of amides is 2. The highest BCUT2D eigenvalue weighted by Gasteiger charge is 2.23. The summed E-state index contributed by atoms with van der Waals surface area (Å²) in [6, 6.07) is 12.2. The molecule has 1 aromatic carbocycles. The maximum atomic E-state index is 13.4. The first-order valence-electron chi connectivity index (χ1n) is 9.22. The van der Waals surface area contributed by atoms with Crippen LogP contribution >= 0.6 is 22.9 Å². The van der Waals surface area contributed by atoms with E-state index < -0.39 is 11.8 Å². The minimum atomic E-state index is -0.428. The molecule has 0 aliphatic heterocycles. The predicted molar refractivity (Wildman–Crippen MR) is 121 cm³/mol. The SMILES string of the molecule is CNC(=O)c1cc(C#N)cc(C)c1NC(=O)c1cc2sccc2n1-c1ncccc1Cl. The van der Waals surface area contributed by atoms with Crippen LogP contribution in [0.25, 0.3) is 16.0 Å². The summed E-state index contributed by atoms with van der Waals surface area (Å²) in [5, 5.41) is 17.0. The summed E-state index contributed by atoms with van der Waals surface area (Å²) in [6.07, 6.45) is 1.61. The van der Waals surface area contributed by atoms with Gasteiger partial charge in [0.2, 0.25) is 0 Å². The van der Waals surface area contributed by atoms with E-state index in [-0.39, 0.29) is 5.56 Å². The zero-order chi connectivity index (χ0) is 22.1. The van der Waals surface area contributed by atoms with Gasteiger partial charge in [0.05, 0.1) is 38.1 Å². The van der Waals surface area contributed by atoms with Crippen molar-refractivity contribution in [2.75, 3.05) is 12.4 Å². The molecule has 0 saturated carbocycles. The van der Waals surface area contributed by atoms with Crippen molar-refractivity contribution in [2.24, 2.45) is 0 Å². The molecule has 7 nitrogen and oxygen atoms in total. The minimum absolute atomic E-state index is 0.211. The van der Waals surface area contributed by atoms with Crippen molar-refractivity contribution in [3.8, 4) is 11.9 Å². The molecule has 0 spiro atoms. The topological polar surface area (TPSA) is 99.8 Å². The lowest BCUT2D eigenvalue weighted by Gasteiger charge is -2.15. The van der Waals surface area contributed by atoms with E-state index in [1.807, 2.05) is 17.5 Å². The largest absolute Gasteiger partial charge is 0.355 e. The van der Waals surface area contributed by atoms with Crippen LogP contribution in [0, 0.1) is 18.3 Å². The Balaban J connectivity index is 1.84. The first-order valence-corrected chi connectivity index (χ1v) is 10.5. The number of benzene rings is 1. The Kier molecular flexibility index (Phi) is 5.46. The number of halogens is 1. The first kappa shape index (κ1) is 20.6. The zero-order valence-corrected chi connectivity index (χ0v) is 18.1. The Morgan fingerprint density at radius 3 is 2.74 bits per heavy atom. The van der Waals surface area contributed by atoms with Gasteiger partial charge in [-0.25, -0.2) is 4.98 Å². The summed E-state index contributed by atoms with van der Waals surface area (Å²) in [5.41, 5.74) is 2.61. The van der Waals surface area contributed by atoms with E-state index in [9.17, 15) is 14.9 Å². The van der Waals surface area contributed by atoms with Gasteiger partial charge in [0, 0.05) is 13.2 Å². The molecular formula is C22H16ClN5O2S. The van der Waals surface area contributed by atoms with E-state index in [2.05, 4.69) is 15.6 Å². The molecule has 4 aromatic rings. The van der Waals surface area contributed by atoms with E-state index in [0.717, 1.165) is 10.2 Å². The van der Waals surface area contributed by atoms with Gasteiger partial charge >= 0.3 is 0 Å². The van der Waals surface area contributed by atoms with Gasteiger partial charge in [0.1, 0.15) is 5.69 Å². The number of carbonyl (C=O) groups is 2. The zero-order valence-electron chi connectivity index (χ0n) is 16.6. The van der Waals surface area contributed by atoms with Crippen molar-refractivity contribution in [1.82, 2.24) is 14.9 Å². The van der Waals surface area contributed by atoms with Gasteiger partial charge in [-0.15, -0.1) is 11.3 Å². The van der Waals surface area contributed by atoms with Gasteiger partial charge < -0.3 is 10.6 Å². The summed E-state index contributed by atoms with van der Waals surface area (Å²) in [7, 11) is 1.49. The fourth-order valence-corrected chi connectivity index (χ4v) is 4.38. The number of rotatable bonds is 4. The van der Waals surface area contributed by atoms with Crippen LogP contribution in [0.1, 0.15) is 32.0 Å². The number of aromatic nitrogens is 2. The number of hydrogen-bond acceptors (Lipinski definition) is 5. The van der Waals surface area contributed by atoms with E-state index in [4.69, 9.17) is 11.6 Å². The Hall–Kier alpha value is -3.67. The van der Waals surface area contributed by atoms with Crippen LogP contribution in [-0.4, -0.2) is 28.4 Å². The Bertz CT molecular complexity index is 1380. The standard InChI is InChI=1S/C22H16ClN5O2S/c1-12-8-13(11-24)9-14(21(29)25-2)19(12)27-22(30)17-10-18-16(5-7-31-18)28(17)20-15(23)4-3-6-26-20/h3-10H,1-2H3,(H,25,29)(H,27,30). The molecule has 154 valence electrons. The molecule has 3 heterocycles. The van der Waals surface area contributed by atoms with E-state index >= 15 is 0 Å². The quantitative estimate of drug-likeness (QED) is 0.478. The van der Waals surface area contributed by atoms with Crippen LogP contribution in [0.4, 0.5) is 5.69 Å². The summed E-state index contributed by atoms with van der Waals surface area (Å²) in [5.74, 6) is -0.395. The molecule has 9 heteroatoms. The van der Waals surface area contributed by atoms with E-state index in [1.54, 1.807) is 42.0 Å². The molecule has 0 radical (unpaired) electrons. The number of hydrogen-bond donors (Lipinski definition) is 2. The highest BCUT2D eigenvalue weighted by molar-refractivity contribution is 7.17. The second-order valence-corrected chi connectivity index (χ2v) is 8.06. The second kappa shape index (κ2) is 8.22. The molecule has 0 saturated heterocycles. The summed E-state index contributed by atoms with van der Waals surface area (Å²) in [4.78, 5) is 30.1. The maximum absolute atomic E-state index is 13.4. The second-order valence-electron chi connectivity index (χ2n) is 6.70. The van der Waals surface area contributed by atoms with Crippen LogP contribution in [0.15, 0.2) is 48.0 Å². The number of fused-ring (bicyclic) bond motifs is 1.